The van der Waals surface area contributed by atoms with Gasteiger partial charge in [0.2, 0.25) is 4.96 Å². The Morgan fingerprint density at radius 3 is 2.62 bits per heavy atom. The molecule has 0 saturated carbocycles. The molecule has 2 aromatic heterocycles. The van der Waals surface area contributed by atoms with Gasteiger partial charge >= 0.3 is 0 Å². The molecule has 0 radical (unpaired) electrons. The second-order valence-corrected chi connectivity index (χ2v) is 9.19. The van der Waals surface area contributed by atoms with Gasteiger partial charge in [-0.2, -0.15) is 14.6 Å². The van der Waals surface area contributed by atoms with Crippen molar-refractivity contribution < 1.29 is 9.47 Å². The molecule has 0 aliphatic heterocycles. The minimum absolute atomic E-state index is 0.201. The molecule has 0 fully saturated rings. The van der Waals surface area contributed by atoms with E-state index in [1.54, 1.807) is 25.3 Å². The number of nitrogens with zero attached hydrogens (tertiary/aromatic N) is 3. The molecule has 0 unspecified atom stereocenters. The monoisotopic (exact) mass is 497 g/mol. The molecule has 0 N–H and O–H groups in total. The number of hydrogen-bond acceptors (Lipinski definition) is 7. The van der Waals surface area contributed by atoms with Gasteiger partial charge in [-0.15, -0.1) is 0 Å². The van der Waals surface area contributed by atoms with Crippen LogP contribution in [0.1, 0.15) is 43.0 Å². The van der Waals surface area contributed by atoms with E-state index in [-0.39, 0.29) is 22.6 Å². The molecule has 2 heterocycles. The summed E-state index contributed by atoms with van der Waals surface area (Å²) in [5, 5.41) is 4.90. The lowest BCUT2D eigenvalue weighted by Crippen LogP contribution is -2.28. The maximum atomic E-state index is 13.0. The molecular formula is C25H24ClN3O4S. The molecule has 0 saturated heterocycles. The third-order valence-corrected chi connectivity index (χ3v) is 6.44. The van der Waals surface area contributed by atoms with Crippen LogP contribution in [-0.4, -0.2) is 28.3 Å². The summed E-state index contributed by atoms with van der Waals surface area (Å²) >= 11 is 7.04. The molecule has 9 heteroatoms. The lowest BCUT2D eigenvalue weighted by molar-refractivity contribution is 0.286. The number of hydrogen-bond donors (Lipinski definition) is 0. The summed E-state index contributed by atoms with van der Waals surface area (Å²) in [4.78, 5) is 29.8. The lowest BCUT2D eigenvalue weighted by Gasteiger charge is -2.11. The molecule has 7 nitrogen and oxygen atoms in total. The molecule has 0 spiro atoms. The number of rotatable bonds is 9. The van der Waals surface area contributed by atoms with Gasteiger partial charge in [0, 0.05) is 11.4 Å². The van der Waals surface area contributed by atoms with E-state index in [1.807, 2.05) is 30.3 Å². The minimum atomic E-state index is -0.450. The fourth-order valence-electron chi connectivity index (χ4n) is 3.43. The van der Waals surface area contributed by atoms with Gasteiger partial charge < -0.3 is 9.47 Å². The number of unbranched alkanes of at least 4 members (excludes halogenated alkanes) is 2. The van der Waals surface area contributed by atoms with Crippen LogP contribution < -0.4 is 25.1 Å². The average molecular weight is 498 g/mol. The zero-order valence-corrected chi connectivity index (χ0v) is 20.5. The molecule has 176 valence electrons. The Kier molecular flexibility index (Phi) is 7.59. The molecule has 0 aliphatic rings. The van der Waals surface area contributed by atoms with Crippen LogP contribution in [0.5, 0.6) is 11.5 Å². The van der Waals surface area contributed by atoms with Crippen molar-refractivity contribution in [3.63, 3.8) is 0 Å². The first-order valence-corrected chi connectivity index (χ1v) is 12.2. The molecule has 34 heavy (non-hydrogen) atoms. The Bertz CT molecular complexity index is 1460. The van der Waals surface area contributed by atoms with Crippen molar-refractivity contribution in [2.45, 2.75) is 32.6 Å². The highest BCUT2D eigenvalue weighted by molar-refractivity contribution is 7.15. The SMILES string of the molecule is CCCCCOc1ccc(/C=c2\sc3nc(=O)c(Cc4ccc(Cl)cc4)nn3c2=O)cc1OC. The normalized spacial score (nSPS) is 11.8. The van der Waals surface area contributed by atoms with Crippen molar-refractivity contribution in [1.82, 2.24) is 14.6 Å². The summed E-state index contributed by atoms with van der Waals surface area (Å²) in [5.41, 5.74) is 1.05. The van der Waals surface area contributed by atoms with Crippen LogP contribution in [0, 0.1) is 0 Å². The first-order chi connectivity index (χ1) is 16.5. The van der Waals surface area contributed by atoms with Gasteiger partial charge in [0.05, 0.1) is 18.2 Å². The van der Waals surface area contributed by atoms with Gasteiger partial charge in [0.15, 0.2) is 11.5 Å². The first-order valence-electron chi connectivity index (χ1n) is 11.0. The summed E-state index contributed by atoms with van der Waals surface area (Å²) in [6.45, 7) is 2.77. The van der Waals surface area contributed by atoms with Gasteiger partial charge in [0.25, 0.3) is 11.1 Å². The topological polar surface area (TPSA) is 82.8 Å². The number of aromatic nitrogens is 3. The van der Waals surface area contributed by atoms with Gasteiger partial charge in [-0.25, -0.2) is 0 Å². The van der Waals surface area contributed by atoms with E-state index in [0.717, 1.165) is 41.7 Å². The van der Waals surface area contributed by atoms with Crippen LogP contribution in [0.3, 0.4) is 0 Å². The Morgan fingerprint density at radius 2 is 1.88 bits per heavy atom. The Hall–Kier alpha value is -3.23. The number of methoxy groups -OCH3 is 1. The number of thiazole rings is 1. The fraction of sp³-hybridized carbons (Fsp3) is 0.280. The highest BCUT2D eigenvalue weighted by Crippen LogP contribution is 2.28. The highest BCUT2D eigenvalue weighted by Gasteiger charge is 2.12. The highest BCUT2D eigenvalue weighted by atomic mass is 35.5. The van der Waals surface area contributed by atoms with Crippen LogP contribution in [-0.2, 0) is 6.42 Å². The van der Waals surface area contributed by atoms with E-state index in [0.29, 0.717) is 27.7 Å². The second-order valence-electron chi connectivity index (χ2n) is 7.74. The van der Waals surface area contributed by atoms with Crippen LogP contribution in [0.4, 0.5) is 0 Å². The van der Waals surface area contributed by atoms with Gasteiger partial charge in [-0.3, -0.25) is 9.59 Å². The Morgan fingerprint density at radius 1 is 1.09 bits per heavy atom. The van der Waals surface area contributed by atoms with Crippen molar-refractivity contribution in [1.29, 1.82) is 0 Å². The van der Waals surface area contributed by atoms with Gasteiger partial charge in [-0.1, -0.05) is 60.9 Å². The van der Waals surface area contributed by atoms with Crippen LogP contribution in [0.2, 0.25) is 5.02 Å². The number of halogens is 1. The Labute approximate surface area is 205 Å². The van der Waals surface area contributed by atoms with Crippen molar-refractivity contribution in [2.75, 3.05) is 13.7 Å². The van der Waals surface area contributed by atoms with Crippen LogP contribution >= 0.6 is 22.9 Å². The quantitative estimate of drug-likeness (QED) is 0.326. The molecule has 0 bridgehead atoms. The van der Waals surface area contributed by atoms with Gasteiger partial charge in [-0.05, 0) is 47.9 Å². The summed E-state index contributed by atoms with van der Waals surface area (Å²) in [7, 11) is 1.58. The van der Waals surface area contributed by atoms with E-state index < -0.39 is 5.56 Å². The maximum absolute atomic E-state index is 13.0. The number of fused-ring (bicyclic) bond motifs is 1. The predicted molar refractivity (Wildman–Crippen MR) is 134 cm³/mol. The summed E-state index contributed by atoms with van der Waals surface area (Å²) in [5.74, 6) is 1.25. The molecule has 4 rings (SSSR count). The Balaban J connectivity index is 1.64. The van der Waals surface area contributed by atoms with Crippen LogP contribution in [0.25, 0.3) is 11.0 Å². The molecule has 0 atom stereocenters. The van der Waals surface area contributed by atoms with E-state index in [1.165, 1.54) is 4.52 Å². The zero-order chi connectivity index (χ0) is 24.1. The second kappa shape index (κ2) is 10.8. The maximum Gasteiger partial charge on any atom is 0.296 e. The third-order valence-electron chi connectivity index (χ3n) is 5.23. The van der Waals surface area contributed by atoms with E-state index in [2.05, 4.69) is 17.0 Å². The first kappa shape index (κ1) is 23.9. The molecule has 0 aliphatic carbocycles. The van der Waals surface area contributed by atoms with Gasteiger partial charge in [0.1, 0.15) is 5.69 Å². The number of ether oxygens (including phenoxy) is 2. The van der Waals surface area contributed by atoms with Crippen molar-refractivity contribution >= 4 is 34.0 Å². The lowest BCUT2D eigenvalue weighted by atomic mass is 10.1. The standard InChI is InChI=1S/C25H24ClN3O4S/c1-3-4-5-12-33-20-11-8-17(14-21(20)32-2)15-22-24(31)29-25(34-22)27-23(30)19(28-29)13-16-6-9-18(26)10-7-16/h6-11,14-15H,3-5,12-13H2,1-2H3/b22-15-. The van der Waals surface area contributed by atoms with Crippen molar-refractivity contribution in [2.24, 2.45) is 0 Å². The average Bonchev–Trinajstić information content (AvgIpc) is 3.13. The van der Waals surface area contributed by atoms with E-state index in [4.69, 9.17) is 21.1 Å². The van der Waals surface area contributed by atoms with Crippen molar-refractivity contribution in [3.05, 3.63) is 89.5 Å². The molecule has 2 aromatic carbocycles. The van der Waals surface area contributed by atoms with Crippen LogP contribution in [0.15, 0.2) is 52.1 Å². The predicted octanol–water partition coefficient (Wildman–Crippen LogP) is 3.88. The molecule has 4 aromatic rings. The molecule has 0 amide bonds. The summed E-state index contributed by atoms with van der Waals surface area (Å²) < 4.78 is 12.9. The summed E-state index contributed by atoms with van der Waals surface area (Å²) in [6.07, 6.45) is 5.21. The fourth-order valence-corrected chi connectivity index (χ4v) is 4.46. The van der Waals surface area contributed by atoms with E-state index >= 15 is 0 Å². The minimum Gasteiger partial charge on any atom is -0.493 e. The third kappa shape index (κ3) is 5.46. The zero-order valence-electron chi connectivity index (χ0n) is 18.9. The van der Waals surface area contributed by atoms with E-state index in [9.17, 15) is 9.59 Å². The van der Waals surface area contributed by atoms with Crippen molar-refractivity contribution in [3.8, 4) is 11.5 Å². The largest absolute Gasteiger partial charge is 0.493 e. The number of benzene rings is 2. The molecular weight excluding hydrogens is 474 g/mol. The smallest absolute Gasteiger partial charge is 0.296 e. The summed E-state index contributed by atoms with van der Waals surface area (Å²) in [6, 6.07) is 12.6.